The van der Waals surface area contributed by atoms with E-state index in [0.29, 0.717) is 51.4 Å². The number of carbonyl (C=O) groups excluding carboxylic acids is 1. The minimum absolute atomic E-state index is 0.0108. The molecular formula is C62H100O29. The molecule has 0 aromatic rings. The Morgan fingerprint density at radius 2 is 1.05 bits per heavy atom. The molecule has 0 amide bonds. The topological polar surface area (TPSA) is 459 Å². The number of esters is 1. The number of carboxylic acid groups (broad SMARTS) is 1. The van der Waals surface area contributed by atoms with Crippen molar-refractivity contribution < 1.29 is 143 Å². The van der Waals surface area contributed by atoms with Crippen LogP contribution in [0.2, 0.25) is 0 Å². The molecule has 16 N–H and O–H groups in total. The minimum atomic E-state index is -2.29. The van der Waals surface area contributed by atoms with E-state index in [1.807, 2.05) is 13.8 Å². The Morgan fingerprint density at radius 3 is 1.65 bits per heavy atom. The highest BCUT2D eigenvalue weighted by Crippen LogP contribution is 2.76. The molecule has 5 aliphatic heterocycles. The third-order valence-electron chi connectivity index (χ3n) is 23.9. The molecule has 5 aliphatic carbocycles. The second-order valence-corrected chi connectivity index (χ2v) is 29.9. The maximum Gasteiger partial charge on any atom is 0.335 e. The second kappa shape index (κ2) is 26.5. The van der Waals surface area contributed by atoms with Crippen LogP contribution in [-0.2, 0) is 61.7 Å². The third kappa shape index (κ3) is 12.3. The lowest BCUT2D eigenvalue weighted by Crippen LogP contribution is -2.69. The standard InChI is InChI=1S/C62H100O29/c1-24-35(67)39(71)44(76)53(82-24)90-49-42(74)38(70)30(22-65)86-55(49)88-47-46(78)48(51(79)80)89-56(50(47)91-54-45(77)41(73)37(69)29(21-64)85-54)87-33-13-14-59(7)31(58(33,5)6)12-15-60(8)32(59)11-10-26-27-18-57(3,4)16-17-62(27,34(83-25(2)66)19-61(26,60)9)23-81-52-43(75)40(72)36(68)28(20-63)84-52/h10,24,27-50,52-56,63-65,67-78H,11-23H2,1-9H3,(H,79,80)/t24-,27+,28+,29+,30+,31+,32+,33-,34+,35-,36+,37+,38-,39+,40-,41-,42-,43+,44+,45+,46-,47-,48-,49+,50+,52+,53-,54-,55-,56+,59-,60+,61+,62+/m0/s1. The van der Waals surface area contributed by atoms with Gasteiger partial charge in [-0.3, -0.25) is 4.79 Å². The maximum atomic E-state index is 13.4. The van der Waals surface area contributed by atoms with Crippen molar-refractivity contribution in [2.24, 2.45) is 50.2 Å². The molecule has 5 saturated heterocycles. The van der Waals surface area contributed by atoms with Crippen LogP contribution in [0.25, 0.3) is 0 Å². The van der Waals surface area contributed by atoms with Crippen LogP contribution in [0.4, 0.5) is 0 Å². The van der Waals surface area contributed by atoms with Gasteiger partial charge in [-0.2, -0.15) is 0 Å². The first-order valence-electron chi connectivity index (χ1n) is 32.2. The van der Waals surface area contributed by atoms with Crippen LogP contribution >= 0.6 is 0 Å². The summed E-state index contributed by atoms with van der Waals surface area (Å²) < 4.78 is 68.1. The molecule has 0 unspecified atom stereocenters. The van der Waals surface area contributed by atoms with Gasteiger partial charge in [0.1, 0.15) is 116 Å². The molecule has 0 spiro atoms. The molecule has 9 fully saturated rings. The summed E-state index contributed by atoms with van der Waals surface area (Å²) in [6, 6.07) is 0. The molecule has 5 heterocycles. The summed E-state index contributed by atoms with van der Waals surface area (Å²) in [5.41, 5.74) is -1.98. The van der Waals surface area contributed by atoms with Crippen LogP contribution in [0.5, 0.6) is 0 Å². The number of carbonyl (C=O) groups is 2. The van der Waals surface area contributed by atoms with Gasteiger partial charge in [-0.25, -0.2) is 4.79 Å². The fourth-order valence-electron chi connectivity index (χ4n) is 18.4. The van der Waals surface area contributed by atoms with Crippen molar-refractivity contribution in [2.75, 3.05) is 26.4 Å². The Kier molecular flexibility index (Phi) is 20.8. The number of hydrogen-bond donors (Lipinski definition) is 16. The van der Waals surface area contributed by atoms with Crippen molar-refractivity contribution in [3.05, 3.63) is 11.6 Å². The van der Waals surface area contributed by atoms with Crippen molar-refractivity contribution in [3.63, 3.8) is 0 Å². The van der Waals surface area contributed by atoms with Crippen LogP contribution in [0, 0.1) is 50.2 Å². The van der Waals surface area contributed by atoms with E-state index >= 15 is 0 Å². The highest BCUT2D eigenvalue weighted by Gasteiger charge is 2.72. The van der Waals surface area contributed by atoms with Gasteiger partial charge < -0.3 is 134 Å². The van der Waals surface area contributed by atoms with Crippen LogP contribution in [0.3, 0.4) is 0 Å². The van der Waals surface area contributed by atoms with E-state index in [1.165, 1.54) is 19.4 Å². The van der Waals surface area contributed by atoms with Gasteiger partial charge in [0.2, 0.25) is 0 Å². The predicted octanol–water partition coefficient (Wildman–Crippen LogP) is -3.08. The van der Waals surface area contributed by atoms with E-state index < -0.39 is 225 Å². The van der Waals surface area contributed by atoms with Crippen LogP contribution < -0.4 is 0 Å². The number of rotatable bonds is 16. The molecule has 0 bridgehead atoms. The third-order valence-corrected chi connectivity index (χ3v) is 23.9. The molecule has 29 nitrogen and oxygen atoms in total. The normalized spacial score (nSPS) is 52.9. The number of hydrogen-bond acceptors (Lipinski definition) is 28. The number of aliphatic hydroxyl groups is 15. The quantitative estimate of drug-likeness (QED) is 0.0414. The molecule has 0 radical (unpaired) electrons. The Morgan fingerprint density at radius 1 is 0.527 bits per heavy atom. The predicted molar refractivity (Wildman–Crippen MR) is 305 cm³/mol. The van der Waals surface area contributed by atoms with Gasteiger partial charge in [-0.05, 0) is 110 Å². The van der Waals surface area contributed by atoms with Gasteiger partial charge in [0.25, 0.3) is 0 Å². The zero-order valence-electron chi connectivity index (χ0n) is 53.1. The van der Waals surface area contributed by atoms with E-state index in [0.717, 1.165) is 6.42 Å². The summed E-state index contributed by atoms with van der Waals surface area (Å²) in [7, 11) is 0. The van der Waals surface area contributed by atoms with Crippen molar-refractivity contribution in [1.29, 1.82) is 0 Å². The Bertz CT molecular complexity index is 2580. The van der Waals surface area contributed by atoms with E-state index in [1.54, 1.807) is 0 Å². The second-order valence-electron chi connectivity index (χ2n) is 29.9. The Labute approximate surface area is 528 Å². The smallest absolute Gasteiger partial charge is 0.335 e. The molecule has 0 aromatic carbocycles. The van der Waals surface area contributed by atoms with E-state index in [4.69, 9.17) is 52.1 Å². The van der Waals surface area contributed by atoms with Gasteiger partial charge in [0.05, 0.1) is 38.6 Å². The summed E-state index contributed by atoms with van der Waals surface area (Å²) in [4.78, 5) is 26.7. The first-order chi connectivity index (χ1) is 42.6. The lowest BCUT2D eigenvalue weighted by Gasteiger charge is -2.72. The zero-order valence-corrected chi connectivity index (χ0v) is 53.1. The summed E-state index contributed by atoms with van der Waals surface area (Å²) in [5, 5.41) is 174. The van der Waals surface area contributed by atoms with Crippen molar-refractivity contribution in [1.82, 2.24) is 0 Å². The molecule has 10 rings (SSSR count). The number of fused-ring (bicyclic) bond motifs is 7. The zero-order chi connectivity index (χ0) is 66.7. The number of ether oxygens (including phenoxy) is 11. The van der Waals surface area contributed by atoms with E-state index in [-0.39, 0.29) is 29.8 Å². The molecule has 29 heteroatoms. The average molecular weight is 1310 g/mol. The molecular weight excluding hydrogens is 1210 g/mol. The van der Waals surface area contributed by atoms with E-state index in [2.05, 4.69) is 40.7 Å². The molecule has 91 heavy (non-hydrogen) atoms. The van der Waals surface area contributed by atoms with Gasteiger partial charge in [0, 0.05) is 12.3 Å². The monoisotopic (exact) mass is 1310 g/mol. The number of allylic oxidation sites excluding steroid dienone is 2. The molecule has 0 aromatic heterocycles. The summed E-state index contributed by atoms with van der Waals surface area (Å²) in [5.74, 6) is -2.51. The van der Waals surface area contributed by atoms with Crippen LogP contribution in [-0.4, -0.2) is 286 Å². The van der Waals surface area contributed by atoms with E-state index in [9.17, 15) is 91.3 Å². The van der Waals surface area contributed by atoms with Crippen molar-refractivity contribution in [2.45, 2.75) is 286 Å². The van der Waals surface area contributed by atoms with Crippen LogP contribution in [0.15, 0.2) is 11.6 Å². The fraction of sp³-hybridized carbons (Fsp3) is 0.935. The highest BCUT2D eigenvalue weighted by molar-refractivity contribution is 5.73. The fourth-order valence-corrected chi connectivity index (χ4v) is 18.4. The SMILES string of the molecule is CC(=O)O[C@@H]1C[C@]2(C)C(=CC[C@@H]3[C@@]4(C)CC[C@H](O[C@@H]5O[C@H](C(=O)O)[C@@H](O)[C@H](O[C@@H]6O[C@H](CO)[C@H](O)[C@H](O)[C@H]6O[C@@H]6O[C@@H](C)[C@H](O)[C@@H](O)[C@H]6O)[C@H]5O[C@@H]5O[C@H](CO)[C@@H](O)[C@H](O)[C@H]5O)C(C)(C)[C@H]4CC[C@]32C)[C@H]2CC(C)(C)CC[C@@]21CO[C@@H]1O[C@H](CO)[C@@H](O)[C@H](O)[C@H]1O. The lowest BCUT2D eigenvalue weighted by atomic mass is 9.33. The largest absolute Gasteiger partial charge is 0.479 e. The minimum Gasteiger partial charge on any atom is -0.479 e. The molecule has 522 valence electrons. The van der Waals surface area contributed by atoms with Crippen molar-refractivity contribution in [3.8, 4) is 0 Å². The first kappa shape index (κ1) is 71.5. The molecule has 34 atom stereocenters. The number of aliphatic hydroxyl groups excluding tert-OH is 15. The van der Waals surface area contributed by atoms with Gasteiger partial charge in [0.15, 0.2) is 37.6 Å². The van der Waals surface area contributed by atoms with Gasteiger partial charge in [-0.15, -0.1) is 0 Å². The molecule has 10 aliphatic rings. The number of carboxylic acids is 1. The summed E-state index contributed by atoms with van der Waals surface area (Å²) in [6.45, 7) is 15.6. The van der Waals surface area contributed by atoms with Crippen LogP contribution in [0.1, 0.15) is 120 Å². The van der Waals surface area contributed by atoms with Gasteiger partial charge >= 0.3 is 11.9 Å². The van der Waals surface area contributed by atoms with Gasteiger partial charge in [-0.1, -0.05) is 60.1 Å². The Balaban J connectivity index is 0.970. The number of aliphatic carboxylic acids is 1. The highest BCUT2D eigenvalue weighted by atomic mass is 16.8. The Hall–Kier alpha value is -2.32. The summed E-state index contributed by atoms with van der Waals surface area (Å²) >= 11 is 0. The maximum absolute atomic E-state index is 13.4. The summed E-state index contributed by atoms with van der Waals surface area (Å²) in [6.07, 6.45) is -39.4. The molecule has 4 saturated carbocycles. The first-order valence-corrected chi connectivity index (χ1v) is 32.2. The average Bonchev–Trinajstić information content (AvgIpc) is 0.676. The lowest BCUT2D eigenvalue weighted by molar-refractivity contribution is -0.406. The van der Waals surface area contributed by atoms with Crippen molar-refractivity contribution >= 4 is 11.9 Å².